The number of hydrogen-bond acceptors (Lipinski definition) is 2. The van der Waals surface area contributed by atoms with E-state index in [1.54, 1.807) is 6.08 Å². The van der Waals surface area contributed by atoms with Gasteiger partial charge < -0.3 is 0 Å². The van der Waals surface area contributed by atoms with Gasteiger partial charge >= 0.3 is 0 Å². The minimum absolute atomic E-state index is 0.0765. The highest BCUT2D eigenvalue weighted by molar-refractivity contribution is 6.06. The number of benzene rings is 2. The molecule has 2 aromatic carbocycles. The normalized spacial score (nSPS) is 27.5. The van der Waals surface area contributed by atoms with Crippen LogP contribution in [0, 0.1) is 11.8 Å². The highest BCUT2D eigenvalue weighted by Crippen LogP contribution is 2.49. The van der Waals surface area contributed by atoms with Crippen molar-refractivity contribution in [1.82, 2.24) is 4.90 Å². The molecule has 1 saturated heterocycles. The summed E-state index contributed by atoms with van der Waals surface area (Å²) in [6.07, 6.45) is 5.84. The van der Waals surface area contributed by atoms with Crippen molar-refractivity contribution < 1.29 is 9.59 Å². The van der Waals surface area contributed by atoms with E-state index in [-0.39, 0.29) is 42.0 Å². The van der Waals surface area contributed by atoms with Crippen LogP contribution in [-0.2, 0) is 9.59 Å². The number of likely N-dealkylation sites (tertiary alicyclic amines) is 1. The van der Waals surface area contributed by atoms with E-state index in [0.29, 0.717) is 0 Å². The number of hydrogen-bond donors (Lipinski definition) is 0. The summed E-state index contributed by atoms with van der Waals surface area (Å²) in [5, 5.41) is 0. The summed E-state index contributed by atoms with van der Waals surface area (Å²) < 4.78 is 0. The molecule has 0 bridgehead atoms. The van der Waals surface area contributed by atoms with Crippen molar-refractivity contribution >= 4 is 11.8 Å². The first-order valence-corrected chi connectivity index (χ1v) is 8.96. The summed E-state index contributed by atoms with van der Waals surface area (Å²) in [5.41, 5.74) is 2.15. The van der Waals surface area contributed by atoms with Gasteiger partial charge in [0.2, 0.25) is 11.8 Å². The van der Waals surface area contributed by atoms with E-state index in [2.05, 4.69) is 18.7 Å². The van der Waals surface area contributed by atoms with Crippen molar-refractivity contribution in [2.24, 2.45) is 11.8 Å². The fraction of sp³-hybridized carbons (Fsp3) is 0.217. The number of allylic oxidation sites excluding steroid dienone is 2. The number of carbonyl (C=O) groups excluding carboxylic acids is 2. The fourth-order valence-corrected chi connectivity index (χ4v) is 4.30. The molecule has 2 amide bonds. The quantitative estimate of drug-likeness (QED) is 0.623. The third-order valence-electron chi connectivity index (χ3n) is 5.47. The van der Waals surface area contributed by atoms with Crippen LogP contribution in [-0.4, -0.2) is 23.3 Å². The Morgan fingerprint density at radius 1 is 0.769 bits per heavy atom. The van der Waals surface area contributed by atoms with Crippen LogP contribution >= 0.6 is 0 Å². The van der Waals surface area contributed by atoms with E-state index in [0.717, 1.165) is 11.1 Å². The van der Waals surface area contributed by atoms with Gasteiger partial charge in [0.1, 0.15) is 0 Å². The zero-order valence-electron chi connectivity index (χ0n) is 14.5. The maximum Gasteiger partial charge on any atom is 0.234 e. The van der Waals surface area contributed by atoms with Gasteiger partial charge in [0.25, 0.3) is 0 Å². The Labute approximate surface area is 153 Å². The second kappa shape index (κ2) is 6.75. The summed E-state index contributed by atoms with van der Waals surface area (Å²) in [4.78, 5) is 27.6. The van der Waals surface area contributed by atoms with Crippen molar-refractivity contribution in [3.05, 3.63) is 96.6 Å². The lowest BCUT2D eigenvalue weighted by molar-refractivity contribution is -0.139. The molecule has 2 aliphatic rings. The fourth-order valence-electron chi connectivity index (χ4n) is 4.30. The van der Waals surface area contributed by atoms with Gasteiger partial charge in [0, 0.05) is 18.4 Å². The average Bonchev–Trinajstić information content (AvgIpc) is 2.95. The van der Waals surface area contributed by atoms with E-state index < -0.39 is 0 Å². The number of rotatable bonds is 4. The lowest BCUT2D eigenvalue weighted by Gasteiger charge is -2.32. The maximum absolute atomic E-state index is 13.1. The number of carbonyl (C=O) groups is 2. The van der Waals surface area contributed by atoms with E-state index >= 15 is 0 Å². The highest BCUT2D eigenvalue weighted by atomic mass is 16.2. The summed E-state index contributed by atoms with van der Waals surface area (Å²) in [5.74, 6) is -1.04. The lowest BCUT2D eigenvalue weighted by Crippen LogP contribution is -2.31. The molecular weight excluding hydrogens is 322 g/mol. The topological polar surface area (TPSA) is 37.4 Å². The van der Waals surface area contributed by atoms with Crippen molar-refractivity contribution in [2.45, 2.75) is 11.8 Å². The Kier molecular flexibility index (Phi) is 4.29. The first-order valence-electron chi connectivity index (χ1n) is 8.96. The summed E-state index contributed by atoms with van der Waals surface area (Å²) in [6.45, 7) is 3.97. The predicted molar refractivity (Wildman–Crippen MR) is 101 cm³/mol. The molecule has 0 radical (unpaired) electrons. The lowest BCUT2D eigenvalue weighted by atomic mass is 9.68. The van der Waals surface area contributed by atoms with Crippen LogP contribution in [0.15, 0.2) is 85.5 Å². The molecule has 0 unspecified atom stereocenters. The molecule has 0 aromatic heterocycles. The van der Waals surface area contributed by atoms with Crippen LogP contribution in [0.4, 0.5) is 0 Å². The molecule has 2 aromatic rings. The van der Waals surface area contributed by atoms with Crippen LogP contribution in [0.2, 0.25) is 0 Å². The van der Waals surface area contributed by atoms with Gasteiger partial charge in [-0.15, -0.1) is 6.58 Å². The monoisotopic (exact) mass is 343 g/mol. The van der Waals surface area contributed by atoms with Crippen LogP contribution in [0.5, 0.6) is 0 Å². The first-order chi connectivity index (χ1) is 12.7. The van der Waals surface area contributed by atoms with Gasteiger partial charge in [-0.1, -0.05) is 78.9 Å². The van der Waals surface area contributed by atoms with Gasteiger partial charge in [-0.3, -0.25) is 14.5 Å². The van der Waals surface area contributed by atoms with Gasteiger partial charge in [-0.25, -0.2) is 0 Å². The maximum atomic E-state index is 13.1. The molecule has 130 valence electrons. The number of fused-ring (bicyclic) bond motifs is 1. The third-order valence-corrected chi connectivity index (χ3v) is 5.47. The molecule has 1 fully saturated rings. The highest BCUT2D eigenvalue weighted by Gasteiger charge is 2.54. The van der Waals surface area contributed by atoms with Gasteiger partial charge in [-0.2, -0.15) is 0 Å². The largest absolute Gasteiger partial charge is 0.278 e. The average molecular weight is 343 g/mol. The van der Waals surface area contributed by atoms with Crippen LogP contribution < -0.4 is 0 Å². The Hall–Kier alpha value is -2.94. The molecule has 0 spiro atoms. The van der Waals surface area contributed by atoms with Crippen molar-refractivity contribution in [3.63, 3.8) is 0 Å². The molecule has 4 atom stereocenters. The number of imide groups is 1. The molecule has 1 heterocycles. The Balaban J connectivity index is 1.81. The van der Waals surface area contributed by atoms with Crippen molar-refractivity contribution in [3.8, 4) is 0 Å². The first kappa shape index (κ1) is 16.5. The Morgan fingerprint density at radius 3 is 1.58 bits per heavy atom. The smallest absolute Gasteiger partial charge is 0.234 e. The van der Waals surface area contributed by atoms with Crippen LogP contribution in [0.1, 0.15) is 23.0 Å². The Morgan fingerprint density at radius 2 is 1.19 bits per heavy atom. The summed E-state index contributed by atoms with van der Waals surface area (Å²) in [6, 6.07) is 20.0. The zero-order chi connectivity index (χ0) is 18.1. The van der Waals surface area contributed by atoms with E-state index in [4.69, 9.17) is 0 Å². The molecular formula is C23H21NO2. The van der Waals surface area contributed by atoms with Crippen molar-refractivity contribution in [1.29, 1.82) is 0 Å². The van der Waals surface area contributed by atoms with Gasteiger partial charge in [0.05, 0.1) is 11.8 Å². The van der Waals surface area contributed by atoms with Crippen LogP contribution in [0.25, 0.3) is 0 Å². The molecule has 0 N–H and O–H groups in total. The third kappa shape index (κ3) is 2.60. The standard InChI is InChI=1S/C23H21NO2/c1-2-15-24-22(25)20-18(16-9-5-3-6-10-16)13-14-19(21(20)23(24)26)17-11-7-4-8-12-17/h2-14,18-21H,1,15H2/t18-,19-,20-,21+/m1/s1. The van der Waals surface area contributed by atoms with Gasteiger partial charge in [-0.05, 0) is 11.1 Å². The number of nitrogens with zero attached hydrogens (tertiary/aromatic N) is 1. The Bertz CT molecular complexity index is 789. The number of amides is 2. The molecule has 26 heavy (non-hydrogen) atoms. The van der Waals surface area contributed by atoms with E-state index in [1.807, 2.05) is 60.7 Å². The van der Waals surface area contributed by atoms with E-state index in [1.165, 1.54) is 4.90 Å². The SMILES string of the molecule is C=CCN1C(=O)[C@@H]2[C@H](C1=O)[C@@H](c1ccccc1)C=C[C@@H]2c1ccccc1. The van der Waals surface area contributed by atoms with Crippen molar-refractivity contribution in [2.75, 3.05) is 6.54 Å². The zero-order valence-corrected chi connectivity index (χ0v) is 14.5. The summed E-state index contributed by atoms with van der Waals surface area (Å²) >= 11 is 0. The molecule has 3 nitrogen and oxygen atoms in total. The predicted octanol–water partition coefficient (Wildman–Crippen LogP) is 3.91. The molecule has 4 rings (SSSR count). The molecule has 1 aliphatic carbocycles. The van der Waals surface area contributed by atoms with Gasteiger partial charge in [0.15, 0.2) is 0 Å². The second-order valence-electron chi connectivity index (χ2n) is 6.89. The van der Waals surface area contributed by atoms with Crippen LogP contribution in [0.3, 0.4) is 0 Å². The summed E-state index contributed by atoms with van der Waals surface area (Å²) in [7, 11) is 0. The molecule has 1 aliphatic heterocycles. The molecule has 0 saturated carbocycles. The minimum Gasteiger partial charge on any atom is -0.278 e. The molecule has 3 heteroatoms. The minimum atomic E-state index is -0.361. The van der Waals surface area contributed by atoms with E-state index in [9.17, 15) is 9.59 Å². The second-order valence-corrected chi connectivity index (χ2v) is 6.89.